The zero-order valence-electron chi connectivity index (χ0n) is 19.3. The molecule has 33 heavy (non-hydrogen) atoms. The van der Waals surface area contributed by atoms with E-state index in [1.807, 2.05) is 42.5 Å². The smallest absolute Gasteiger partial charge is 0.255 e. The predicted octanol–water partition coefficient (Wildman–Crippen LogP) is 5.96. The third-order valence-corrected chi connectivity index (χ3v) is 5.90. The van der Waals surface area contributed by atoms with Crippen LogP contribution in [0.2, 0.25) is 0 Å². The first kappa shape index (κ1) is 22.8. The zero-order valence-corrected chi connectivity index (χ0v) is 19.3. The molecule has 1 amide bonds. The van der Waals surface area contributed by atoms with Crippen LogP contribution in [-0.4, -0.2) is 35.8 Å². The number of carbonyl (C=O) groups excluding carboxylic acids is 1. The van der Waals surface area contributed by atoms with Crippen molar-refractivity contribution in [3.63, 3.8) is 0 Å². The van der Waals surface area contributed by atoms with E-state index in [2.05, 4.69) is 33.4 Å². The van der Waals surface area contributed by atoms with Gasteiger partial charge in [-0.3, -0.25) is 4.79 Å². The van der Waals surface area contributed by atoms with Crippen molar-refractivity contribution in [3.8, 4) is 17.0 Å². The van der Waals surface area contributed by atoms with E-state index in [1.165, 1.54) is 25.7 Å². The lowest BCUT2D eigenvalue weighted by Crippen LogP contribution is -2.25. The van der Waals surface area contributed by atoms with Crippen LogP contribution < -0.4 is 15.0 Å². The number of aromatic nitrogens is 2. The molecule has 1 aliphatic rings. The Balaban J connectivity index is 1.34. The molecule has 6 nitrogen and oxygen atoms in total. The lowest BCUT2D eigenvalue weighted by molar-refractivity contribution is 0.102. The SMILES string of the molecule is CCCCOc1ccc(C(=O)Nc2ccc(-c3ccc(N4CCCCCC4)nn3)cc2)cc1. The maximum atomic E-state index is 12.6. The van der Waals surface area contributed by atoms with Gasteiger partial charge in [-0.05, 0) is 67.8 Å². The Hall–Kier alpha value is -3.41. The predicted molar refractivity (Wildman–Crippen MR) is 133 cm³/mol. The van der Waals surface area contributed by atoms with E-state index < -0.39 is 0 Å². The second kappa shape index (κ2) is 11.5. The van der Waals surface area contributed by atoms with Gasteiger partial charge in [0.1, 0.15) is 5.75 Å². The Bertz CT molecular complexity index is 1010. The fraction of sp³-hybridized carbons (Fsp3) is 0.370. The summed E-state index contributed by atoms with van der Waals surface area (Å²) in [5, 5.41) is 11.8. The molecule has 2 aromatic carbocycles. The van der Waals surface area contributed by atoms with Crippen LogP contribution >= 0.6 is 0 Å². The van der Waals surface area contributed by atoms with Crippen molar-refractivity contribution in [2.75, 3.05) is 29.9 Å². The lowest BCUT2D eigenvalue weighted by atomic mass is 10.1. The molecule has 1 saturated heterocycles. The first-order chi connectivity index (χ1) is 16.2. The van der Waals surface area contributed by atoms with Crippen LogP contribution in [0, 0.1) is 0 Å². The number of amides is 1. The summed E-state index contributed by atoms with van der Waals surface area (Å²) in [7, 11) is 0. The summed E-state index contributed by atoms with van der Waals surface area (Å²) < 4.78 is 5.66. The van der Waals surface area contributed by atoms with Crippen molar-refractivity contribution < 1.29 is 9.53 Å². The summed E-state index contributed by atoms with van der Waals surface area (Å²) in [6.07, 6.45) is 7.14. The molecule has 2 heterocycles. The topological polar surface area (TPSA) is 67.3 Å². The highest BCUT2D eigenvalue weighted by Gasteiger charge is 2.12. The first-order valence-corrected chi connectivity index (χ1v) is 12.0. The number of rotatable bonds is 8. The third kappa shape index (κ3) is 6.31. The standard InChI is InChI=1S/C27H32N4O2/c1-2-3-20-33-24-14-10-22(11-15-24)27(32)28-23-12-8-21(9-13-23)25-16-17-26(30-29-25)31-18-6-4-5-7-19-31/h8-17H,2-7,18-20H2,1H3,(H,28,32). The summed E-state index contributed by atoms with van der Waals surface area (Å²) in [5.41, 5.74) is 3.12. The molecule has 1 aliphatic heterocycles. The minimum atomic E-state index is -0.149. The molecule has 0 radical (unpaired) electrons. The average Bonchev–Trinajstić information content (AvgIpc) is 3.15. The molecular formula is C27H32N4O2. The Kier molecular flexibility index (Phi) is 7.90. The molecule has 6 heteroatoms. The fourth-order valence-corrected chi connectivity index (χ4v) is 3.91. The molecule has 172 valence electrons. The Morgan fingerprint density at radius 2 is 1.64 bits per heavy atom. The maximum Gasteiger partial charge on any atom is 0.255 e. The number of carbonyl (C=O) groups is 1. The molecule has 1 fully saturated rings. The average molecular weight is 445 g/mol. The summed E-state index contributed by atoms with van der Waals surface area (Å²) in [4.78, 5) is 14.9. The van der Waals surface area contributed by atoms with Gasteiger partial charge in [0.25, 0.3) is 5.91 Å². The van der Waals surface area contributed by atoms with Crippen LogP contribution in [0.3, 0.4) is 0 Å². The minimum Gasteiger partial charge on any atom is -0.494 e. The van der Waals surface area contributed by atoms with Crippen molar-refractivity contribution in [1.82, 2.24) is 10.2 Å². The van der Waals surface area contributed by atoms with E-state index in [-0.39, 0.29) is 5.91 Å². The highest BCUT2D eigenvalue weighted by atomic mass is 16.5. The normalized spacial score (nSPS) is 13.9. The second-order valence-corrected chi connectivity index (χ2v) is 8.44. The van der Waals surface area contributed by atoms with Gasteiger partial charge in [0.05, 0.1) is 12.3 Å². The van der Waals surface area contributed by atoms with Gasteiger partial charge in [-0.2, -0.15) is 0 Å². The molecule has 4 rings (SSSR count). The number of benzene rings is 2. The number of nitrogens with one attached hydrogen (secondary N) is 1. The van der Waals surface area contributed by atoms with Gasteiger partial charge in [-0.1, -0.05) is 38.3 Å². The minimum absolute atomic E-state index is 0.149. The Morgan fingerprint density at radius 3 is 2.27 bits per heavy atom. The van der Waals surface area contributed by atoms with Crippen LogP contribution in [0.4, 0.5) is 11.5 Å². The summed E-state index contributed by atoms with van der Waals surface area (Å²) in [6, 6.07) is 19.0. The van der Waals surface area contributed by atoms with E-state index in [0.717, 1.165) is 54.4 Å². The van der Waals surface area contributed by atoms with Gasteiger partial charge in [-0.25, -0.2) is 0 Å². The summed E-state index contributed by atoms with van der Waals surface area (Å²) in [5.74, 6) is 1.59. The van der Waals surface area contributed by atoms with E-state index in [4.69, 9.17) is 4.74 Å². The van der Waals surface area contributed by atoms with Crippen molar-refractivity contribution in [2.24, 2.45) is 0 Å². The van der Waals surface area contributed by atoms with Crippen molar-refractivity contribution in [1.29, 1.82) is 0 Å². The van der Waals surface area contributed by atoms with Crippen molar-refractivity contribution in [2.45, 2.75) is 45.4 Å². The number of unbranched alkanes of at least 4 members (excludes halogenated alkanes) is 1. The number of ether oxygens (including phenoxy) is 1. The van der Waals surface area contributed by atoms with Gasteiger partial charge in [-0.15, -0.1) is 10.2 Å². The zero-order chi connectivity index (χ0) is 22.9. The number of anilines is 2. The van der Waals surface area contributed by atoms with Crippen molar-refractivity contribution >= 4 is 17.4 Å². The quantitative estimate of drug-likeness (QED) is 0.435. The Labute approximate surface area is 196 Å². The number of hydrogen-bond donors (Lipinski definition) is 1. The maximum absolute atomic E-state index is 12.6. The Morgan fingerprint density at radius 1 is 0.909 bits per heavy atom. The highest BCUT2D eigenvalue weighted by Crippen LogP contribution is 2.23. The lowest BCUT2D eigenvalue weighted by Gasteiger charge is -2.20. The van der Waals surface area contributed by atoms with Gasteiger partial charge in [0.2, 0.25) is 0 Å². The van der Waals surface area contributed by atoms with Crippen molar-refractivity contribution in [3.05, 3.63) is 66.2 Å². The third-order valence-electron chi connectivity index (χ3n) is 5.90. The summed E-state index contributed by atoms with van der Waals surface area (Å²) in [6.45, 7) is 4.93. The molecule has 0 bridgehead atoms. The van der Waals surface area contributed by atoms with Crippen LogP contribution in [0.15, 0.2) is 60.7 Å². The van der Waals surface area contributed by atoms with E-state index in [9.17, 15) is 4.79 Å². The van der Waals surface area contributed by atoms with E-state index in [0.29, 0.717) is 12.2 Å². The first-order valence-electron chi connectivity index (χ1n) is 12.0. The van der Waals surface area contributed by atoms with Gasteiger partial charge >= 0.3 is 0 Å². The van der Waals surface area contributed by atoms with E-state index >= 15 is 0 Å². The molecule has 1 aromatic heterocycles. The number of nitrogens with zero attached hydrogens (tertiary/aromatic N) is 3. The molecule has 1 N–H and O–H groups in total. The summed E-state index contributed by atoms with van der Waals surface area (Å²) >= 11 is 0. The number of hydrogen-bond acceptors (Lipinski definition) is 5. The largest absolute Gasteiger partial charge is 0.494 e. The van der Waals surface area contributed by atoms with Gasteiger partial charge < -0.3 is 15.0 Å². The van der Waals surface area contributed by atoms with Crippen LogP contribution in [0.5, 0.6) is 5.75 Å². The second-order valence-electron chi connectivity index (χ2n) is 8.44. The molecule has 3 aromatic rings. The molecule has 0 unspecified atom stereocenters. The monoisotopic (exact) mass is 444 g/mol. The van der Waals surface area contributed by atoms with Crippen LogP contribution in [0.25, 0.3) is 11.3 Å². The van der Waals surface area contributed by atoms with E-state index in [1.54, 1.807) is 12.1 Å². The van der Waals surface area contributed by atoms with Crippen LogP contribution in [0.1, 0.15) is 55.8 Å². The van der Waals surface area contributed by atoms with Gasteiger partial charge in [0, 0.05) is 29.9 Å². The molecule has 0 aliphatic carbocycles. The molecule has 0 saturated carbocycles. The molecule has 0 spiro atoms. The fourth-order valence-electron chi connectivity index (χ4n) is 3.91. The highest BCUT2D eigenvalue weighted by molar-refractivity contribution is 6.04. The molecule has 0 atom stereocenters. The molecular weight excluding hydrogens is 412 g/mol. The van der Waals surface area contributed by atoms with Crippen LogP contribution in [-0.2, 0) is 0 Å². The van der Waals surface area contributed by atoms with Gasteiger partial charge in [0.15, 0.2) is 5.82 Å².